The van der Waals surface area contributed by atoms with Crippen molar-refractivity contribution in [2.24, 2.45) is 0 Å². The molecule has 0 spiro atoms. The largest absolute Gasteiger partial charge is 0.462 e. The third-order valence-electron chi connectivity index (χ3n) is 8.95. The Morgan fingerprint density at radius 1 is 1.17 bits per heavy atom. The van der Waals surface area contributed by atoms with E-state index >= 15 is 0 Å². The minimum absolute atomic E-state index is 0.102. The van der Waals surface area contributed by atoms with E-state index in [-0.39, 0.29) is 13.0 Å². The van der Waals surface area contributed by atoms with Gasteiger partial charge in [-0.25, -0.2) is 4.39 Å². The molecule has 4 aliphatic heterocycles. The molecule has 2 atom stereocenters. The van der Waals surface area contributed by atoms with Gasteiger partial charge in [-0.1, -0.05) is 18.7 Å². The summed E-state index contributed by atoms with van der Waals surface area (Å²) in [4.78, 5) is 32.1. The Bertz CT molecular complexity index is 1400. The second kappa shape index (κ2) is 12.5. The predicted octanol–water partition coefficient (Wildman–Crippen LogP) is 3.96. The van der Waals surface area contributed by atoms with Crippen molar-refractivity contribution in [1.29, 1.82) is 5.26 Å². The number of fused-ring (bicyclic) bond motifs is 2. The molecule has 11 heteroatoms. The van der Waals surface area contributed by atoms with Gasteiger partial charge in [-0.05, 0) is 63.1 Å². The summed E-state index contributed by atoms with van der Waals surface area (Å²) in [6.07, 6.45) is 5.45. The highest BCUT2D eigenvalue weighted by molar-refractivity contribution is 7.99. The van der Waals surface area contributed by atoms with Gasteiger partial charge in [-0.2, -0.15) is 15.2 Å². The number of thioether (sulfide) groups is 1. The average Bonchev–Trinajstić information content (AvgIpc) is 3.43. The zero-order valence-electron chi connectivity index (χ0n) is 24.2. The summed E-state index contributed by atoms with van der Waals surface area (Å²) >= 11 is 1.95. The number of anilines is 2. The van der Waals surface area contributed by atoms with Crippen LogP contribution in [0.4, 0.5) is 15.9 Å². The quantitative estimate of drug-likeness (QED) is 0.444. The van der Waals surface area contributed by atoms with Gasteiger partial charge < -0.3 is 24.3 Å². The summed E-state index contributed by atoms with van der Waals surface area (Å²) in [6, 6.07) is 9.04. The van der Waals surface area contributed by atoms with Crippen LogP contribution in [0, 0.1) is 11.3 Å². The molecule has 2 saturated heterocycles. The van der Waals surface area contributed by atoms with Gasteiger partial charge in [-0.3, -0.25) is 4.79 Å². The van der Waals surface area contributed by atoms with Gasteiger partial charge in [0.1, 0.15) is 12.4 Å². The maximum Gasteiger partial charge on any atom is 0.318 e. The maximum absolute atomic E-state index is 13.8. The van der Waals surface area contributed by atoms with E-state index in [4.69, 9.17) is 14.7 Å². The van der Waals surface area contributed by atoms with Crippen molar-refractivity contribution in [1.82, 2.24) is 19.8 Å². The first-order chi connectivity index (χ1) is 20.4. The van der Waals surface area contributed by atoms with Crippen LogP contribution in [0.2, 0.25) is 0 Å². The summed E-state index contributed by atoms with van der Waals surface area (Å²) in [5.41, 5.74) is 4.73. The number of ether oxygens (including phenoxy) is 1. The molecule has 1 aromatic heterocycles. The molecule has 0 N–H and O–H groups in total. The van der Waals surface area contributed by atoms with Crippen molar-refractivity contribution in [3.63, 3.8) is 0 Å². The lowest BCUT2D eigenvalue weighted by Crippen LogP contribution is -2.55. The van der Waals surface area contributed by atoms with Crippen LogP contribution in [0.5, 0.6) is 6.01 Å². The third kappa shape index (κ3) is 5.79. The number of nitriles is 1. The first-order valence-corrected chi connectivity index (χ1v) is 15.9. The Labute approximate surface area is 251 Å². The van der Waals surface area contributed by atoms with E-state index in [2.05, 4.69) is 52.6 Å². The molecule has 9 nitrogen and oxygen atoms in total. The number of nitrogens with zero attached hydrogens (tertiary/aromatic N) is 7. The van der Waals surface area contributed by atoms with Crippen LogP contribution in [0.15, 0.2) is 35.5 Å². The van der Waals surface area contributed by atoms with Crippen LogP contribution in [-0.2, 0) is 24.2 Å². The molecule has 42 heavy (non-hydrogen) atoms. The Balaban J connectivity index is 1.31. The van der Waals surface area contributed by atoms with Crippen LogP contribution in [-0.4, -0.2) is 89.9 Å². The van der Waals surface area contributed by atoms with Gasteiger partial charge in [-0.15, -0.1) is 11.8 Å². The van der Waals surface area contributed by atoms with E-state index in [1.165, 1.54) is 27.5 Å². The lowest BCUT2D eigenvalue weighted by Gasteiger charge is -2.42. The standard InChI is InChI=1S/C31H38FN7O2S/c1-21(32)30(40)39-16-15-38(18-23(39)10-12-33)29-25-11-14-37(27-9-3-6-22-7-5-17-42-28(22)27)19-26(25)34-31(35-29)41-20-24-8-4-13-36(24)2/h3,6,9,23-24H,1,4-5,7-8,10-11,13-20H2,2H3/t23-,24-/m0/s1. The molecule has 1 aromatic carbocycles. The number of hydrogen-bond donors (Lipinski definition) is 0. The zero-order valence-corrected chi connectivity index (χ0v) is 25.0. The molecule has 5 heterocycles. The van der Waals surface area contributed by atoms with Crippen molar-refractivity contribution < 1.29 is 13.9 Å². The summed E-state index contributed by atoms with van der Waals surface area (Å²) in [7, 11) is 2.12. The normalized spacial score (nSPS) is 22.4. The highest BCUT2D eigenvalue weighted by Gasteiger charge is 2.35. The molecule has 0 bridgehead atoms. The average molecular weight is 592 g/mol. The number of aromatic nitrogens is 2. The molecule has 4 aliphatic rings. The molecule has 222 valence electrons. The van der Waals surface area contributed by atoms with Crippen molar-refractivity contribution in [2.45, 2.75) is 62.0 Å². The molecule has 6 rings (SSSR count). The number of amides is 1. The number of likely N-dealkylation sites (N-methyl/N-ethyl adjacent to an activating group) is 1. The van der Waals surface area contributed by atoms with Crippen LogP contribution in [0.3, 0.4) is 0 Å². The third-order valence-corrected chi connectivity index (χ3v) is 10.2. The number of carbonyl (C=O) groups excluding carboxylic acids is 1. The summed E-state index contributed by atoms with van der Waals surface area (Å²) in [6.45, 7) is 7.42. The second-order valence-corrected chi connectivity index (χ2v) is 12.7. The number of hydrogen-bond acceptors (Lipinski definition) is 9. The minimum atomic E-state index is -1.00. The maximum atomic E-state index is 13.8. The Morgan fingerprint density at radius 2 is 2.05 bits per heavy atom. The van der Waals surface area contributed by atoms with Gasteiger partial charge in [0.05, 0.1) is 36.5 Å². The van der Waals surface area contributed by atoms with E-state index in [1.807, 2.05) is 11.8 Å². The summed E-state index contributed by atoms with van der Waals surface area (Å²) in [5.74, 6) is 0.194. The highest BCUT2D eigenvalue weighted by atomic mass is 32.2. The first kappa shape index (κ1) is 28.7. The number of rotatable bonds is 7. The molecule has 2 fully saturated rings. The van der Waals surface area contributed by atoms with Gasteiger partial charge in [0, 0.05) is 42.7 Å². The highest BCUT2D eigenvalue weighted by Crippen LogP contribution is 2.40. The molecule has 0 radical (unpaired) electrons. The van der Waals surface area contributed by atoms with Crippen molar-refractivity contribution in [2.75, 3.05) is 61.9 Å². The number of piperazine rings is 1. The molecule has 2 aromatic rings. The topological polar surface area (TPSA) is 88.8 Å². The smallest absolute Gasteiger partial charge is 0.318 e. The molecule has 0 saturated carbocycles. The number of benzene rings is 1. The number of halogens is 1. The molecule has 1 amide bonds. The van der Waals surface area contributed by atoms with Crippen LogP contribution < -0.4 is 14.5 Å². The monoisotopic (exact) mass is 591 g/mol. The zero-order chi connectivity index (χ0) is 29.2. The summed E-state index contributed by atoms with van der Waals surface area (Å²) < 4.78 is 20.0. The van der Waals surface area contributed by atoms with Crippen molar-refractivity contribution >= 4 is 29.2 Å². The van der Waals surface area contributed by atoms with E-state index in [0.717, 1.165) is 61.6 Å². The fourth-order valence-electron chi connectivity index (χ4n) is 6.65. The van der Waals surface area contributed by atoms with E-state index in [0.29, 0.717) is 38.3 Å². The number of aryl methyl sites for hydroxylation is 1. The predicted molar refractivity (Wildman–Crippen MR) is 162 cm³/mol. The van der Waals surface area contributed by atoms with E-state index < -0.39 is 17.8 Å². The van der Waals surface area contributed by atoms with E-state index in [9.17, 15) is 14.4 Å². The SMILES string of the molecule is C=C(F)C(=O)N1CCN(c2nc(OC[C@@H]3CCCN3C)nc3c2CCN(c2cccc4c2SCCC4)C3)C[C@@H]1CC#N. The molecule has 0 unspecified atom stereocenters. The van der Waals surface area contributed by atoms with Crippen LogP contribution in [0.1, 0.15) is 42.5 Å². The van der Waals surface area contributed by atoms with Crippen LogP contribution >= 0.6 is 11.8 Å². The van der Waals surface area contributed by atoms with Crippen molar-refractivity contribution in [3.05, 3.63) is 47.4 Å². The number of likely N-dealkylation sites (tertiary alicyclic amines) is 1. The fourth-order valence-corrected chi connectivity index (χ4v) is 7.85. The van der Waals surface area contributed by atoms with Gasteiger partial charge >= 0.3 is 6.01 Å². The molecular formula is C31H38FN7O2S. The summed E-state index contributed by atoms with van der Waals surface area (Å²) in [5, 5.41) is 9.49. The van der Waals surface area contributed by atoms with Gasteiger partial charge in [0.15, 0.2) is 5.83 Å². The van der Waals surface area contributed by atoms with Crippen LogP contribution in [0.25, 0.3) is 0 Å². The lowest BCUT2D eigenvalue weighted by molar-refractivity contribution is -0.131. The minimum Gasteiger partial charge on any atom is -0.462 e. The first-order valence-electron chi connectivity index (χ1n) is 14.9. The van der Waals surface area contributed by atoms with E-state index in [1.54, 1.807) is 0 Å². The second-order valence-electron chi connectivity index (χ2n) is 11.6. The number of carbonyl (C=O) groups is 1. The molecule has 0 aliphatic carbocycles. The lowest BCUT2D eigenvalue weighted by atomic mass is 10.0. The fraction of sp³-hybridized carbons (Fsp3) is 0.548. The van der Waals surface area contributed by atoms with Gasteiger partial charge in [0.2, 0.25) is 0 Å². The Kier molecular flexibility index (Phi) is 8.54. The van der Waals surface area contributed by atoms with Crippen molar-refractivity contribution in [3.8, 4) is 12.1 Å². The van der Waals surface area contributed by atoms with Gasteiger partial charge in [0.25, 0.3) is 5.91 Å². The Hall–Kier alpha value is -3.36. The Morgan fingerprint density at radius 3 is 2.83 bits per heavy atom. The molecular weight excluding hydrogens is 553 g/mol.